The zero-order valence-corrected chi connectivity index (χ0v) is 27.3. The molecule has 1 atom stereocenters. The molecule has 2 N–H and O–H groups in total. The first-order valence-electron chi connectivity index (χ1n) is 13.9. The van der Waals surface area contributed by atoms with Gasteiger partial charge < -0.3 is 15.0 Å². The van der Waals surface area contributed by atoms with Crippen LogP contribution in [0, 0.1) is 5.92 Å². The Bertz CT molecular complexity index is 1780. The van der Waals surface area contributed by atoms with Crippen LogP contribution in [0.2, 0.25) is 10.0 Å². The Labute approximate surface area is 271 Å². The number of urea groups is 1. The number of hydrogen-bond acceptors (Lipinski definition) is 8. The summed E-state index contributed by atoms with van der Waals surface area (Å²) in [6, 6.07) is 13.7. The van der Waals surface area contributed by atoms with Crippen molar-refractivity contribution in [1.82, 2.24) is 24.4 Å². The highest BCUT2D eigenvalue weighted by molar-refractivity contribution is 7.88. The quantitative estimate of drug-likeness (QED) is 0.329. The van der Waals surface area contributed by atoms with E-state index in [1.807, 2.05) is 24.3 Å². The Morgan fingerprint density at radius 3 is 2.29 bits per heavy atom. The molecule has 0 saturated carbocycles. The van der Waals surface area contributed by atoms with Crippen LogP contribution in [0.4, 0.5) is 10.5 Å². The van der Waals surface area contributed by atoms with Crippen molar-refractivity contribution in [2.24, 2.45) is 5.92 Å². The van der Waals surface area contributed by atoms with E-state index in [1.54, 1.807) is 24.3 Å². The van der Waals surface area contributed by atoms with Crippen LogP contribution in [0.15, 0.2) is 48.5 Å². The summed E-state index contributed by atoms with van der Waals surface area (Å²) in [7, 11) is 1.14. The second-order valence-electron chi connectivity index (χ2n) is 11.1. The minimum atomic E-state index is -3.26. The molecule has 5 rings (SSSR count). The first-order chi connectivity index (χ1) is 21.3. The van der Waals surface area contributed by atoms with Gasteiger partial charge in [-0.2, -0.15) is 0 Å². The molecule has 2 aliphatic heterocycles. The van der Waals surface area contributed by atoms with E-state index in [1.165, 1.54) is 26.1 Å². The molecule has 3 aromatic rings. The van der Waals surface area contributed by atoms with Gasteiger partial charge in [0, 0.05) is 68.6 Å². The number of rotatable bonds is 9. The maximum absolute atomic E-state index is 13.1. The minimum Gasteiger partial charge on any atom is -0.481 e. The largest absolute Gasteiger partial charge is 0.481 e. The number of carbonyl (C=O) groups is 3. The van der Waals surface area contributed by atoms with E-state index in [0.717, 1.165) is 16.7 Å². The number of carbonyl (C=O) groups excluding carboxylic acids is 3. The number of ether oxygens (including phenoxy) is 1. The van der Waals surface area contributed by atoms with Crippen molar-refractivity contribution < 1.29 is 27.5 Å². The average Bonchev–Trinajstić information content (AvgIpc) is 2.97. The fraction of sp³-hybridized carbons (Fsp3) is 0.333. The Hall–Kier alpha value is -3.75. The molecule has 1 aromatic heterocycles. The molecule has 3 heterocycles. The van der Waals surface area contributed by atoms with Crippen molar-refractivity contribution in [2.45, 2.75) is 12.6 Å². The van der Waals surface area contributed by atoms with Gasteiger partial charge in [-0.15, -0.1) is 0 Å². The molecule has 0 radical (unpaired) electrons. The molecule has 1 unspecified atom stereocenters. The summed E-state index contributed by atoms with van der Waals surface area (Å²) in [5.74, 6) is -1.83. The Morgan fingerprint density at radius 1 is 0.978 bits per heavy atom. The summed E-state index contributed by atoms with van der Waals surface area (Å²) in [6.07, 6.45) is 1.15. The molecule has 45 heavy (non-hydrogen) atoms. The van der Waals surface area contributed by atoms with E-state index in [4.69, 9.17) is 32.9 Å². The maximum Gasteiger partial charge on any atom is 0.326 e. The highest BCUT2D eigenvalue weighted by atomic mass is 35.5. The van der Waals surface area contributed by atoms with Crippen LogP contribution in [-0.2, 0) is 26.2 Å². The normalized spacial score (nSPS) is 17.8. The molecule has 2 aliphatic rings. The van der Waals surface area contributed by atoms with Crippen LogP contribution < -0.4 is 14.8 Å². The van der Waals surface area contributed by atoms with Crippen LogP contribution in [0.1, 0.15) is 5.56 Å². The van der Waals surface area contributed by atoms with Crippen LogP contribution in [-0.4, -0.2) is 99.1 Å². The molecule has 238 valence electrons. The summed E-state index contributed by atoms with van der Waals surface area (Å²) in [5, 5.41) is 3.34. The topological polar surface area (TPSA) is 141 Å². The van der Waals surface area contributed by atoms with Crippen molar-refractivity contribution in [3.05, 3.63) is 64.1 Å². The van der Waals surface area contributed by atoms with Gasteiger partial charge in [0.05, 0.1) is 34.8 Å². The van der Waals surface area contributed by atoms with Gasteiger partial charge >= 0.3 is 6.03 Å². The predicted octanol–water partition coefficient (Wildman–Crippen LogP) is 3.54. The second kappa shape index (κ2) is 12.9. The van der Waals surface area contributed by atoms with Crippen LogP contribution in [0.5, 0.6) is 5.88 Å². The molecule has 0 aliphatic carbocycles. The summed E-state index contributed by atoms with van der Waals surface area (Å²) in [5.41, 5.74) is 3.50. The number of halogens is 2. The molecule has 0 spiro atoms. The standard InChI is InChI=1S/C30H32Cl2N6O6S/c1-36-16-22(29(40)37(2)30(36)41)27(39)33-24-10-6-8-20(26(24)32)19-7-5-9-21(25(19)31)23-12-11-17(28(34-23)44-3)13-38-14-18(15-38)35-45(4,42)43/h5-12,18,22,35H,13-16H2,1-4H3,(H,33,39). The first-order valence-corrected chi connectivity index (χ1v) is 16.6. The number of anilines is 1. The molecule has 0 bridgehead atoms. The zero-order valence-electron chi connectivity index (χ0n) is 25.0. The SMILES string of the molecule is COc1nc(-c2cccc(-c3cccc(NC(=O)C4CN(C)C(=O)N(C)C4=O)c3Cl)c2Cl)ccc1CN1CC(NS(C)(=O)=O)C1. The van der Waals surface area contributed by atoms with E-state index >= 15 is 0 Å². The van der Waals surface area contributed by atoms with E-state index in [2.05, 4.69) is 14.9 Å². The molecule has 15 heteroatoms. The number of benzene rings is 2. The minimum absolute atomic E-state index is 0.0484. The summed E-state index contributed by atoms with van der Waals surface area (Å²) in [6.45, 7) is 1.65. The molecule has 2 saturated heterocycles. The Balaban J connectivity index is 1.36. The van der Waals surface area contributed by atoms with Crippen molar-refractivity contribution in [1.29, 1.82) is 0 Å². The number of aromatic nitrogens is 1. The van der Waals surface area contributed by atoms with Crippen molar-refractivity contribution >= 4 is 56.8 Å². The lowest BCUT2D eigenvalue weighted by Gasteiger charge is -2.39. The van der Waals surface area contributed by atoms with Gasteiger partial charge in [0.1, 0.15) is 5.92 Å². The molecular weight excluding hydrogens is 643 g/mol. The lowest BCUT2D eigenvalue weighted by atomic mass is 9.99. The average molecular weight is 676 g/mol. The Kier molecular flexibility index (Phi) is 9.38. The fourth-order valence-electron chi connectivity index (χ4n) is 5.44. The number of hydrogen-bond donors (Lipinski definition) is 2. The number of nitrogens with one attached hydrogen (secondary N) is 2. The van der Waals surface area contributed by atoms with E-state index in [-0.39, 0.29) is 17.6 Å². The number of methoxy groups -OCH3 is 1. The summed E-state index contributed by atoms with van der Waals surface area (Å²) >= 11 is 13.7. The number of likely N-dealkylation sites (tertiary alicyclic amines) is 1. The van der Waals surface area contributed by atoms with Crippen LogP contribution in [0.3, 0.4) is 0 Å². The highest BCUT2D eigenvalue weighted by Crippen LogP contribution is 2.41. The second-order valence-corrected chi connectivity index (χ2v) is 13.6. The highest BCUT2D eigenvalue weighted by Gasteiger charge is 2.39. The van der Waals surface area contributed by atoms with Gasteiger partial charge in [-0.25, -0.2) is 22.9 Å². The fourth-order valence-corrected chi connectivity index (χ4v) is 6.79. The molecule has 2 fully saturated rings. The van der Waals surface area contributed by atoms with E-state index in [0.29, 0.717) is 58.6 Å². The van der Waals surface area contributed by atoms with Crippen LogP contribution >= 0.6 is 23.2 Å². The third kappa shape index (κ3) is 6.92. The number of amides is 4. The smallest absolute Gasteiger partial charge is 0.326 e. The maximum atomic E-state index is 13.1. The third-order valence-electron chi connectivity index (χ3n) is 7.70. The number of sulfonamides is 1. The predicted molar refractivity (Wildman–Crippen MR) is 172 cm³/mol. The van der Waals surface area contributed by atoms with Gasteiger partial charge in [0.15, 0.2) is 0 Å². The van der Waals surface area contributed by atoms with E-state index in [9.17, 15) is 22.8 Å². The monoisotopic (exact) mass is 674 g/mol. The molecule has 12 nitrogen and oxygen atoms in total. The zero-order chi connectivity index (χ0) is 32.6. The third-order valence-corrected chi connectivity index (χ3v) is 9.28. The van der Waals surface area contributed by atoms with Gasteiger partial charge in [-0.05, 0) is 12.1 Å². The molecular formula is C30H32Cl2N6O6S. The van der Waals surface area contributed by atoms with E-state index < -0.39 is 33.8 Å². The van der Waals surface area contributed by atoms with Crippen molar-refractivity contribution in [3.63, 3.8) is 0 Å². The van der Waals surface area contributed by atoms with Crippen LogP contribution in [0.25, 0.3) is 22.4 Å². The summed E-state index contributed by atoms with van der Waals surface area (Å²) < 4.78 is 31.1. The lowest BCUT2D eigenvalue weighted by Crippen LogP contribution is -2.58. The summed E-state index contributed by atoms with van der Waals surface area (Å²) in [4.78, 5) is 46.8. The number of pyridine rings is 1. The van der Waals surface area contributed by atoms with Gasteiger partial charge in [-0.1, -0.05) is 59.6 Å². The van der Waals surface area contributed by atoms with Gasteiger partial charge in [-0.3, -0.25) is 19.4 Å². The molecule has 2 aromatic carbocycles. The van der Waals surface area contributed by atoms with Crippen molar-refractivity contribution in [3.8, 4) is 28.3 Å². The van der Waals surface area contributed by atoms with Crippen molar-refractivity contribution in [2.75, 3.05) is 52.4 Å². The number of imide groups is 1. The van der Waals surface area contributed by atoms with Gasteiger partial charge in [0.2, 0.25) is 27.7 Å². The first kappa shape index (κ1) is 32.6. The Morgan fingerprint density at radius 2 is 1.62 bits per heavy atom. The van der Waals surface area contributed by atoms with Gasteiger partial charge in [0.25, 0.3) is 0 Å². The number of nitrogens with zero attached hydrogens (tertiary/aromatic N) is 4. The lowest BCUT2D eigenvalue weighted by molar-refractivity contribution is -0.140. The molecule has 4 amide bonds.